The predicted molar refractivity (Wildman–Crippen MR) is 121 cm³/mol. The van der Waals surface area contributed by atoms with Crippen LogP contribution in [-0.2, 0) is 16.6 Å². The average Bonchev–Trinajstić information content (AvgIpc) is 3.47. The van der Waals surface area contributed by atoms with Crippen molar-refractivity contribution in [3.05, 3.63) is 17.5 Å². The van der Waals surface area contributed by atoms with Crippen molar-refractivity contribution >= 4 is 35.1 Å². The lowest BCUT2D eigenvalue weighted by atomic mass is 9.98. The first kappa shape index (κ1) is 22.1. The minimum absolute atomic E-state index is 0.104. The number of likely N-dealkylation sites (tertiary alicyclic amines) is 1. The number of cyclic esters (lactones) is 1. The molecule has 2 aliphatic rings. The lowest BCUT2D eigenvalue weighted by molar-refractivity contribution is -0.129. The summed E-state index contributed by atoms with van der Waals surface area (Å²) in [6, 6.07) is 4.31. The van der Waals surface area contributed by atoms with Crippen molar-refractivity contribution in [1.82, 2.24) is 24.6 Å². The molecule has 31 heavy (non-hydrogen) atoms. The van der Waals surface area contributed by atoms with Crippen molar-refractivity contribution in [3.63, 3.8) is 0 Å². The van der Waals surface area contributed by atoms with E-state index < -0.39 is 0 Å². The number of thiophene rings is 1. The number of nitrogens with zero attached hydrogens (tertiary/aromatic N) is 5. The number of hydrogen-bond donors (Lipinski definition) is 0. The van der Waals surface area contributed by atoms with Gasteiger partial charge in [0.25, 0.3) is 0 Å². The van der Waals surface area contributed by atoms with E-state index in [1.807, 2.05) is 38.9 Å². The van der Waals surface area contributed by atoms with Crippen LogP contribution < -0.4 is 0 Å². The Kier molecular flexibility index (Phi) is 6.86. The molecular formula is C21H29N5O3S2. The Balaban J connectivity index is 1.28. The molecule has 0 saturated carbocycles. The number of hydrogen-bond acceptors (Lipinski definition) is 7. The number of piperidine rings is 1. The highest BCUT2D eigenvalue weighted by atomic mass is 32.2. The fourth-order valence-corrected chi connectivity index (χ4v) is 5.87. The number of ether oxygens (including phenoxy) is 1. The highest BCUT2D eigenvalue weighted by molar-refractivity contribution is 7.99. The average molecular weight is 464 g/mol. The normalized spacial score (nSPS) is 20.0. The summed E-state index contributed by atoms with van der Waals surface area (Å²) < 4.78 is 7.26. The molecule has 2 amide bonds. The second kappa shape index (κ2) is 9.60. The van der Waals surface area contributed by atoms with Crippen molar-refractivity contribution in [3.8, 4) is 10.7 Å². The van der Waals surface area contributed by atoms with Gasteiger partial charge in [0.05, 0.1) is 16.7 Å². The van der Waals surface area contributed by atoms with E-state index in [1.165, 1.54) is 11.8 Å². The standard InChI is InChI=1S/C21H29N5O3S2/c1-14(2)11-16-12-29-21(28)26(16)15-6-8-25(9-7-15)18(27)13-31-20-23-22-19(24(20)3)17-5-4-10-30-17/h4-5,10,14-16H,6-9,11-13H2,1-3H3. The Morgan fingerprint density at radius 3 is 2.77 bits per heavy atom. The zero-order valence-electron chi connectivity index (χ0n) is 18.2. The van der Waals surface area contributed by atoms with Crippen molar-refractivity contribution in [2.45, 2.75) is 50.4 Å². The van der Waals surface area contributed by atoms with Gasteiger partial charge >= 0.3 is 6.09 Å². The number of amides is 2. The van der Waals surface area contributed by atoms with Gasteiger partial charge < -0.3 is 14.2 Å². The summed E-state index contributed by atoms with van der Waals surface area (Å²) in [5.74, 6) is 1.77. The molecule has 1 atom stereocenters. The van der Waals surface area contributed by atoms with Gasteiger partial charge in [-0.3, -0.25) is 9.69 Å². The molecular weight excluding hydrogens is 434 g/mol. The first-order valence-electron chi connectivity index (χ1n) is 10.7. The molecule has 2 aromatic rings. The zero-order chi connectivity index (χ0) is 22.0. The molecule has 0 aromatic carbocycles. The van der Waals surface area contributed by atoms with Gasteiger partial charge in [-0.05, 0) is 36.6 Å². The van der Waals surface area contributed by atoms with Crippen LogP contribution in [0.15, 0.2) is 22.7 Å². The Morgan fingerprint density at radius 1 is 1.32 bits per heavy atom. The minimum atomic E-state index is -0.199. The largest absolute Gasteiger partial charge is 0.447 e. The van der Waals surface area contributed by atoms with Gasteiger partial charge in [-0.25, -0.2) is 4.79 Å². The third kappa shape index (κ3) is 4.90. The first-order valence-corrected chi connectivity index (χ1v) is 12.6. The fraction of sp³-hybridized carbons (Fsp3) is 0.619. The highest BCUT2D eigenvalue weighted by Crippen LogP contribution is 2.29. The molecule has 0 radical (unpaired) electrons. The molecule has 1 unspecified atom stereocenters. The van der Waals surface area contributed by atoms with Gasteiger partial charge in [-0.15, -0.1) is 21.5 Å². The van der Waals surface area contributed by atoms with Crippen LogP contribution >= 0.6 is 23.1 Å². The smallest absolute Gasteiger partial charge is 0.410 e. The van der Waals surface area contributed by atoms with E-state index in [9.17, 15) is 9.59 Å². The van der Waals surface area contributed by atoms with Gasteiger partial charge in [0.2, 0.25) is 5.91 Å². The molecule has 0 spiro atoms. The maximum Gasteiger partial charge on any atom is 0.410 e. The number of carbonyl (C=O) groups is 2. The molecule has 0 bridgehead atoms. The summed E-state index contributed by atoms with van der Waals surface area (Å²) in [4.78, 5) is 29.9. The molecule has 2 saturated heterocycles. The van der Waals surface area contributed by atoms with E-state index >= 15 is 0 Å². The molecule has 8 nitrogen and oxygen atoms in total. The molecule has 4 rings (SSSR count). The molecule has 10 heteroatoms. The van der Waals surface area contributed by atoms with Crippen molar-refractivity contribution in [1.29, 1.82) is 0 Å². The van der Waals surface area contributed by atoms with Gasteiger partial charge in [0, 0.05) is 26.2 Å². The quantitative estimate of drug-likeness (QED) is 0.585. The van der Waals surface area contributed by atoms with Crippen LogP contribution in [0.5, 0.6) is 0 Å². The number of carbonyl (C=O) groups excluding carboxylic acids is 2. The van der Waals surface area contributed by atoms with Crippen LogP contribution in [0.3, 0.4) is 0 Å². The topological polar surface area (TPSA) is 80.6 Å². The van der Waals surface area contributed by atoms with E-state index in [0.717, 1.165) is 35.1 Å². The lowest BCUT2D eigenvalue weighted by Crippen LogP contribution is -2.50. The molecule has 4 heterocycles. The highest BCUT2D eigenvalue weighted by Gasteiger charge is 2.39. The molecule has 0 N–H and O–H groups in total. The third-order valence-corrected chi connectivity index (χ3v) is 7.73. The monoisotopic (exact) mass is 463 g/mol. The van der Waals surface area contributed by atoms with E-state index in [0.29, 0.717) is 31.4 Å². The molecule has 2 fully saturated rings. The van der Waals surface area contributed by atoms with E-state index in [4.69, 9.17) is 4.74 Å². The van der Waals surface area contributed by atoms with Gasteiger partial charge in [-0.1, -0.05) is 31.7 Å². The summed E-state index contributed by atoms with van der Waals surface area (Å²) in [5.41, 5.74) is 0. The Bertz CT molecular complexity index is 906. The summed E-state index contributed by atoms with van der Waals surface area (Å²) in [5, 5.41) is 11.3. The van der Waals surface area contributed by atoms with Gasteiger partial charge in [-0.2, -0.15) is 0 Å². The zero-order valence-corrected chi connectivity index (χ0v) is 19.8. The van der Waals surface area contributed by atoms with Crippen molar-refractivity contribution in [2.24, 2.45) is 13.0 Å². The summed E-state index contributed by atoms with van der Waals surface area (Å²) >= 11 is 3.04. The molecule has 2 aliphatic heterocycles. The third-order valence-electron chi connectivity index (χ3n) is 5.86. The SMILES string of the molecule is CC(C)CC1COC(=O)N1C1CCN(C(=O)CSc2nnc(-c3cccs3)n2C)CC1. The molecule has 2 aromatic heterocycles. The first-order chi connectivity index (χ1) is 14.9. The number of thioether (sulfide) groups is 1. The van der Waals surface area contributed by atoms with Crippen LogP contribution in [0.4, 0.5) is 4.79 Å². The minimum Gasteiger partial charge on any atom is -0.447 e. The van der Waals surface area contributed by atoms with Crippen LogP contribution in [0.1, 0.15) is 33.1 Å². The predicted octanol–water partition coefficient (Wildman–Crippen LogP) is 3.49. The van der Waals surface area contributed by atoms with E-state index in [1.54, 1.807) is 11.3 Å². The second-order valence-corrected chi connectivity index (χ2v) is 10.4. The second-order valence-electron chi connectivity index (χ2n) is 8.51. The fourth-order valence-electron chi connectivity index (χ4n) is 4.32. The van der Waals surface area contributed by atoms with Crippen LogP contribution in [0, 0.1) is 5.92 Å². The summed E-state index contributed by atoms with van der Waals surface area (Å²) in [6.07, 6.45) is 2.35. The van der Waals surface area contributed by atoms with Crippen molar-refractivity contribution in [2.75, 3.05) is 25.4 Å². The lowest BCUT2D eigenvalue weighted by Gasteiger charge is -2.38. The molecule has 0 aliphatic carbocycles. The Labute approximate surface area is 190 Å². The molecule has 168 valence electrons. The number of rotatable bonds is 7. The summed E-state index contributed by atoms with van der Waals surface area (Å²) in [7, 11) is 1.93. The Morgan fingerprint density at radius 2 is 2.10 bits per heavy atom. The van der Waals surface area contributed by atoms with Crippen LogP contribution in [-0.4, -0.2) is 74.1 Å². The maximum atomic E-state index is 12.8. The number of aromatic nitrogens is 3. The maximum absolute atomic E-state index is 12.8. The van der Waals surface area contributed by atoms with Gasteiger partial charge in [0.15, 0.2) is 11.0 Å². The van der Waals surface area contributed by atoms with Crippen LogP contribution in [0.25, 0.3) is 10.7 Å². The van der Waals surface area contributed by atoms with Gasteiger partial charge in [0.1, 0.15) is 6.61 Å². The van der Waals surface area contributed by atoms with E-state index in [-0.39, 0.29) is 24.1 Å². The Hall–Kier alpha value is -2.07. The van der Waals surface area contributed by atoms with Crippen LogP contribution in [0.2, 0.25) is 0 Å². The van der Waals surface area contributed by atoms with Crippen molar-refractivity contribution < 1.29 is 14.3 Å². The summed E-state index contributed by atoms with van der Waals surface area (Å²) in [6.45, 7) is 6.15. The van der Waals surface area contributed by atoms with E-state index in [2.05, 4.69) is 24.0 Å².